The van der Waals surface area contributed by atoms with Crippen LogP contribution in [-0.4, -0.2) is 19.4 Å². The summed E-state index contributed by atoms with van der Waals surface area (Å²) in [5, 5.41) is 0.792. The Hall–Kier alpha value is -1.58. The lowest BCUT2D eigenvalue weighted by Gasteiger charge is -2.18. The highest BCUT2D eigenvalue weighted by Crippen LogP contribution is 2.22. The average Bonchev–Trinajstić information content (AvgIpc) is 2.38. The number of Topliss-reactive ketones (excluding diaryl/α,β-unsaturated/α-hetero) is 1. The number of benzene rings is 2. The second-order valence-electron chi connectivity index (χ2n) is 4.38. The minimum absolute atomic E-state index is 0.102. The molecule has 0 aliphatic carbocycles. The van der Waals surface area contributed by atoms with Gasteiger partial charge in [0.25, 0.3) is 0 Å². The molecule has 0 saturated carbocycles. The van der Waals surface area contributed by atoms with Crippen molar-refractivity contribution in [3.63, 3.8) is 0 Å². The lowest BCUT2D eigenvalue weighted by atomic mass is 10.1. The highest BCUT2D eigenvalue weighted by Gasteiger charge is 2.13. The highest BCUT2D eigenvalue weighted by atomic mass is 35.5. The van der Waals surface area contributed by atoms with Crippen molar-refractivity contribution < 1.29 is 9.18 Å². The molecule has 0 aromatic heterocycles. The summed E-state index contributed by atoms with van der Waals surface area (Å²) in [7, 11) is 1.72. The lowest BCUT2D eigenvalue weighted by molar-refractivity contribution is 0.100. The van der Waals surface area contributed by atoms with Gasteiger partial charge in [0.05, 0.1) is 11.6 Å². The van der Waals surface area contributed by atoms with Crippen LogP contribution in [0.15, 0.2) is 42.5 Å². The normalized spacial score (nSPS) is 10.4. The predicted molar refractivity (Wildman–Crippen MR) is 80.5 cm³/mol. The molecule has 0 atom stereocenters. The van der Waals surface area contributed by atoms with Gasteiger partial charge in [-0.25, -0.2) is 4.39 Å². The summed E-state index contributed by atoms with van der Waals surface area (Å²) in [4.78, 5) is 13.8. The molecule has 2 aromatic rings. The van der Waals surface area contributed by atoms with Gasteiger partial charge in [0.15, 0.2) is 5.78 Å². The van der Waals surface area contributed by atoms with Crippen molar-refractivity contribution in [3.8, 4) is 0 Å². The van der Waals surface area contributed by atoms with Gasteiger partial charge in [-0.05, 0) is 36.4 Å². The predicted octanol–water partition coefficient (Wildman–Crippen LogP) is 4.45. The number of hydrogen-bond acceptors (Lipinski definition) is 2. The molecule has 0 amide bonds. The van der Waals surface area contributed by atoms with E-state index in [4.69, 9.17) is 23.2 Å². The van der Waals surface area contributed by atoms with Crippen molar-refractivity contribution in [3.05, 3.63) is 63.9 Å². The van der Waals surface area contributed by atoms with Gasteiger partial charge in [0.2, 0.25) is 0 Å². The third-order valence-corrected chi connectivity index (χ3v) is 3.41. The molecule has 0 aliphatic rings. The van der Waals surface area contributed by atoms with E-state index in [1.807, 2.05) is 0 Å². The van der Waals surface area contributed by atoms with Crippen molar-refractivity contribution >= 4 is 34.7 Å². The smallest absolute Gasteiger partial charge is 0.183 e. The van der Waals surface area contributed by atoms with Crippen LogP contribution in [0.4, 0.5) is 10.1 Å². The Morgan fingerprint density at radius 3 is 2.60 bits per heavy atom. The van der Waals surface area contributed by atoms with Crippen molar-refractivity contribution in [1.82, 2.24) is 0 Å². The summed E-state index contributed by atoms with van der Waals surface area (Å²) in [6.45, 7) is 0.102. The lowest BCUT2D eigenvalue weighted by Crippen LogP contribution is -2.25. The first-order valence-corrected chi connectivity index (χ1v) is 6.68. The number of carbonyl (C=O) groups excluding carboxylic acids is 1. The quantitative estimate of drug-likeness (QED) is 0.777. The number of halogens is 3. The molecule has 0 N–H and O–H groups in total. The van der Waals surface area contributed by atoms with Crippen molar-refractivity contribution in [2.24, 2.45) is 0 Å². The molecule has 0 bridgehead atoms. The molecular formula is C15H12Cl2FNO. The van der Waals surface area contributed by atoms with Crippen molar-refractivity contribution in [2.75, 3.05) is 18.5 Å². The van der Waals surface area contributed by atoms with Gasteiger partial charge < -0.3 is 4.90 Å². The van der Waals surface area contributed by atoms with E-state index >= 15 is 0 Å². The van der Waals surface area contributed by atoms with Gasteiger partial charge >= 0.3 is 0 Å². The Balaban J connectivity index is 2.15. The van der Waals surface area contributed by atoms with Gasteiger partial charge in [-0.2, -0.15) is 0 Å². The number of rotatable bonds is 4. The fourth-order valence-electron chi connectivity index (χ4n) is 1.82. The van der Waals surface area contributed by atoms with Crippen LogP contribution in [-0.2, 0) is 0 Å². The van der Waals surface area contributed by atoms with E-state index < -0.39 is 0 Å². The van der Waals surface area contributed by atoms with Crippen LogP contribution in [0.5, 0.6) is 0 Å². The third-order valence-electron chi connectivity index (χ3n) is 2.86. The summed E-state index contributed by atoms with van der Waals surface area (Å²) >= 11 is 11.8. The maximum atomic E-state index is 13.1. The summed E-state index contributed by atoms with van der Waals surface area (Å²) in [5.41, 5.74) is 1.03. The number of nitrogens with zero attached hydrogens (tertiary/aromatic N) is 1. The first kappa shape index (κ1) is 14.8. The largest absolute Gasteiger partial charge is 0.367 e. The zero-order chi connectivity index (χ0) is 14.7. The molecular weight excluding hydrogens is 300 g/mol. The summed E-state index contributed by atoms with van der Waals surface area (Å²) in [6.07, 6.45) is 0. The summed E-state index contributed by atoms with van der Waals surface area (Å²) < 4.78 is 13.1. The van der Waals surface area contributed by atoms with E-state index in [0.717, 1.165) is 0 Å². The van der Waals surface area contributed by atoms with E-state index in [0.29, 0.717) is 21.3 Å². The monoisotopic (exact) mass is 311 g/mol. The SMILES string of the molecule is CN(CC(=O)c1ccc(Cl)cc1Cl)c1cccc(F)c1. The standard InChI is InChI=1S/C15H12Cl2FNO/c1-19(12-4-2-3-11(18)8-12)9-15(20)13-6-5-10(16)7-14(13)17/h2-8H,9H2,1H3. The molecule has 104 valence electrons. The Morgan fingerprint density at radius 1 is 1.20 bits per heavy atom. The molecule has 2 rings (SSSR count). The van der Waals surface area contributed by atoms with Crippen LogP contribution in [0.25, 0.3) is 0 Å². The van der Waals surface area contributed by atoms with Gasteiger partial charge in [0, 0.05) is 23.3 Å². The first-order valence-electron chi connectivity index (χ1n) is 5.92. The number of carbonyl (C=O) groups is 1. The minimum atomic E-state index is -0.341. The molecule has 0 unspecified atom stereocenters. The first-order chi connectivity index (χ1) is 9.47. The maximum absolute atomic E-state index is 13.1. The second-order valence-corrected chi connectivity index (χ2v) is 5.23. The van der Waals surface area contributed by atoms with Crippen molar-refractivity contribution in [2.45, 2.75) is 0 Å². The van der Waals surface area contributed by atoms with Crippen LogP contribution in [0, 0.1) is 5.82 Å². The van der Waals surface area contributed by atoms with Gasteiger partial charge in [-0.15, -0.1) is 0 Å². The molecule has 0 saturated heterocycles. The topological polar surface area (TPSA) is 20.3 Å². The van der Waals surface area contributed by atoms with Crippen molar-refractivity contribution in [1.29, 1.82) is 0 Å². The average molecular weight is 312 g/mol. The number of ketones is 1. The third kappa shape index (κ3) is 3.50. The number of anilines is 1. The number of likely N-dealkylation sites (N-methyl/N-ethyl adjacent to an activating group) is 1. The molecule has 0 spiro atoms. The molecule has 0 aliphatic heterocycles. The molecule has 2 aromatic carbocycles. The van der Waals surface area contributed by atoms with Gasteiger partial charge in [-0.1, -0.05) is 29.3 Å². The Kier molecular flexibility index (Phi) is 4.63. The van der Waals surface area contributed by atoms with Crippen LogP contribution in [0.1, 0.15) is 10.4 Å². The molecule has 0 fully saturated rings. The molecule has 2 nitrogen and oxygen atoms in total. The zero-order valence-electron chi connectivity index (χ0n) is 10.7. The molecule has 0 heterocycles. The van der Waals surface area contributed by atoms with Crippen LogP contribution in [0.3, 0.4) is 0 Å². The van der Waals surface area contributed by atoms with Crippen LogP contribution in [0.2, 0.25) is 10.0 Å². The summed E-state index contributed by atoms with van der Waals surface area (Å²) in [6, 6.07) is 10.8. The molecule has 0 radical (unpaired) electrons. The summed E-state index contributed by atoms with van der Waals surface area (Å²) in [5.74, 6) is -0.496. The van der Waals surface area contributed by atoms with E-state index in [1.165, 1.54) is 18.2 Å². The zero-order valence-corrected chi connectivity index (χ0v) is 12.2. The minimum Gasteiger partial charge on any atom is -0.367 e. The van der Waals surface area contributed by atoms with E-state index in [9.17, 15) is 9.18 Å². The second kappa shape index (κ2) is 6.25. The van der Waals surface area contributed by atoms with Gasteiger partial charge in [-0.3, -0.25) is 4.79 Å². The van der Waals surface area contributed by atoms with E-state index in [2.05, 4.69) is 0 Å². The van der Waals surface area contributed by atoms with Crippen LogP contribution < -0.4 is 4.90 Å². The maximum Gasteiger partial charge on any atom is 0.183 e. The Morgan fingerprint density at radius 2 is 1.95 bits per heavy atom. The van der Waals surface area contributed by atoms with Gasteiger partial charge in [0.1, 0.15) is 5.82 Å². The Bertz CT molecular complexity index is 646. The fourth-order valence-corrected chi connectivity index (χ4v) is 2.33. The Labute approximate surface area is 126 Å². The molecule has 20 heavy (non-hydrogen) atoms. The highest BCUT2D eigenvalue weighted by molar-refractivity contribution is 6.36. The van der Waals surface area contributed by atoms with E-state index in [1.54, 1.807) is 36.2 Å². The fraction of sp³-hybridized carbons (Fsp3) is 0.133. The van der Waals surface area contributed by atoms with Crippen LogP contribution >= 0.6 is 23.2 Å². The molecule has 5 heteroatoms. The number of hydrogen-bond donors (Lipinski definition) is 0. The van der Waals surface area contributed by atoms with E-state index in [-0.39, 0.29) is 18.1 Å².